The van der Waals surface area contributed by atoms with E-state index in [-0.39, 0.29) is 28.1 Å². The Balaban J connectivity index is 1.91. The van der Waals surface area contributed by atoms with Crippen molar-refractivity contribution in [1.82, 2.24) is 4.98 Å². The second-order valence-electron chi connectivity index (χ2n) is 5.90. The molecule has 2 aromatic carbocycles. The van der Waals surface area contributed by atoms with Crippen LogP contribution in [-0.2, 0) is 0 Å². The van der Waals surface area contributed by atoms with Crippen molar-refractivity contribution in [3.8, 4) is 5.75 Å². The molecule has 4 rings (SSSR count). The van der Waals surface area contributed by atoms with Gasteiger partial charge in [-0.3, -0.25) is 9.59 Å². The number of carbonyl (C=O) groups is 3. The lowest BCUT2D eigenvalue weighted by Crippen LogP contribution is -2.15. The SMILES string of the molecule is O=C(O)c1ccc2c(c1)C(=O)C(c1nc3ccccc3c(Br)c1O)C2=O. The van der Waals surface area contributed by atoms with Gasteiger partial charge >= 0.3 is 5.97 Å². The van der Waals surface area contributed by atoms with E-state index >= 15 is 0 Å². The molecule has 0 saturated carbocycles. The van der Waals surface area contributed by atoms with Gasteiger partial charge in [0, 0.05) is 16.5 Å². The molecule has 1 aromatic heterocycles. The number of pyridine rings is 1. The minimum atomic E-state index is -1.30. The van der Waals surface area contributed by atoms with Crippen LogP contribution in [0, 0.1) is 0 Å². The second-order valence-corrected chi connectivity index (χ2v) is 6.70. The molecule has 1 aliphatic rings. The summed E-state index contributed by atoms with van der Waals surface area (Å²) in [4.78, 5) is 41.0. The Morgan fingerprint density at radius 2 is 1.73 bits per heavy atom. The molecule has 0 spiro atoms. The summed E-state index contributed by atoms with van der Waals surface area (Å²) in [5.74, 6) is -3.84. The van der Waals surface area contributed by atoms with Gasteiger partial charge in [-0.25, -0.2) is 9.78 Å². The normalized spacial score (nSPS) is 16.1. The van der Waals surface area contributed by atoms with Gasteiger partial charge in [-0.15, -0.1) is 0 Å². The Hall–Kier alpha value is -3.06. The van der Waals surface area contributed by atoms with E-state index in [1.807, 2.05) is 0 Å². The highest BCUT2D eigenvalue weighted by Gasteiger charge is 2.42. The summed E-state index contributed by atoms with van der Waals surface area (Å²) in [6.45, 7) is 0. The van der Waals surface area contributed by atoms with Crippen molar-refractivity contribution in [2.75, 3.05) is 0 Å². The van der Waals surface area contributed by atoms with Crippen LogP contribution in [-0.4, -0.2) is 32.7 Å². The predicted molar refractivity (Wildman–Crippen MR) is 95.9 cm³/mol. The molecule has 0 aliphatic heterocycles. The maximum atomic E-state index is 12.8. The van der Waals surface area contributed by atoms with Crippen molar-refractivity contribution >= 4 is 44.4 Å². The largest absolute Gasteiger partial charge is 0.505 e. The van der Waals surface area contributed by atoms with Crippen molar-refractivity contribution in [1.29, 1.82) is 0 Å². The molecule has 1 aliphatic carbocycles. The van der Waals surface area contributed by atoms with Crippen LogP contribution in [0.2, 0.25) is 0 Å². The number of para-hydroxylation sites is 1. The van der Waals surface area contributed by atoms with Crippen LogP contribution in [0.25, 0.3) is 10.9 Å². The topological polar surface area (TPSA) is 105 Å². The number of carboxylic acids is 1. The fourth-order valence-electron chi connectivity index (χ4n) is 3.16. The second kappa shape index (κ2) is 5.74. The monoisotopic (exact) mass is 411 g/mol. The lowest BCUT2D eigenvalue weighted by molar-refractivity contribution is 0.0696. The average molecular weight is 412 g/mol. The van der Waals surface area contributed by atoms with E-state index in [2.05, 4.69) is 20.9 Å². The minimum Gasteiger partial charge on any atom is -0.505 e. The zero-order valence-electron chi connectivity index (χ0n) is 13.1. The van der Waals surface area contributed by atoms with Crippen molar-refractivity contribution in [3.63, 3.8) is 0 Å². The summed E-state index contributed by atoms with van der Waals surface area (Å²) < 4.78 is 0.348. The highest BCUT2D eigenvalue weighted by molar-refractivity contribution is 9.10. The van der Waals surface area contributed by atoms with Crippen LogP contribution in [0.15, 0.2) is 46.9 Å². The zero-order chi connectivity index (χ0) is 18.6. The zero-order valence-corrected chi connectivity index (χ0v) is 14.6. The molecule has 6 nitrogen and oxygen atoms in total. The molecule has 0 saturated heterocycles. The number of ketones is 2. The lowest BCUT2D eigenvalue weighted by atomic mass is 9.97. The smallest absolute Gasteiger partial charge is 0.335 e. The number of carboxylic acid groups (broad SMARTS) is 1. The number of hydrogen-bond acceptors (Lipinski definition) is 5. The number of nitrogens with zero attached hydrogens (tertiary/aromatic N) is 1. The number of hydrogen-bond donors (Lipinski definition) is 2. The van der Waals surface area contributed by atoms with E-state index in [4.69, 9.17) is 5.11 Å². The van der Waals surface area contributed by atoms with Gasteiger partial charge in [0.15, 0.2) is 17.3 Å². The molecule has 0 amide bonds. The number of rotatable bonds is 2. The Morgan fingerprint density at radius 1 is 1.04 bits per heavy atom. The molecule has 0 radical (unpaired) electrons. The third-order valence-corrected chi connectivity index (χ3v) is 5.23. The van der Waals surface area contributed by atoms with Gasteiger partial charge in [0.05, 0.1) is 15.6 Å². The number of aromatic carboxylic acids is 1. The fraction of sp³-hybridized carbons (Fsp3) is 0.0526. The van der Waals surface area contributed by atoms with E-state index in [1.165, 1.54) is 18.2 Å². The van der Waals surface area contributed by atoms with E-state index in [0.717, 1.165) is 0 Å². The van der Waals surface area contributed by atoms with Crippen LogP contribution in [0.4, 0.5) is 0 Å². The van der Waals surface area contributed by atoms with Gasteiger partial charge in [0.2, 0.25) is 0 Å². The van der Waals surface area contributed by atoms with Crippen LogP contribution in [0.5, 0.6) is 5.75 Å². The maximum Gasteiger partial charge on any atom is 0.335 e. The van der Waals surface area contributed by atoms with Crippen molar-refractivity contribution in [2.24, 2.45) is 0 Å². The summed E-state index contributed by atoms with van der Waals surface area (Å²) >= 11 is 3.29. The molecular formula is C19H10BrNO5. The van der Waals surface area contributed by atoms with Crippen LogP contribution < -0.4 is 0 Å². The molecule has 1 atom stereocenters. The molecule has 7 heteroatoms. The third-order valence-electron chi connectivity index (χ3n) is 4.43. The summed E-state index contributed by atoms with van der Waals surface area (Å²) in [5.41, 5.74) is 0.567. The highest BCUT2D eigenvalue weighted by Crippen LogP contribution is 2.42. The summed E-state index contributed by atoms with van der Waals surface area (Å²) in [7, 11) is 0. The molecule has 26 heavy (non-hydrogen) atoms. The number of aromatic nitrogens is 1. The Bertz CT molecular complexity index is 1140. The molecule has 3 aromatic rings. The van der Waals surface area contributed by atoms with Crippen molar-refractivity contribution in [3.05, 3.63) is 69.3 Å². The third kappa shape index (κ3) is 2.24. The van der Waals surface area contributed by atoms with Gasteiger partial charge in [0.1, 0.15) is 11.6 Å². The fourth-order valence-corrected chi connectivity index (χ4v) is 3.69. The summed E-state index contributed by atoms with van der Waals surface area (Å²) in [5, 5.41) is 20.3. The maximum absolute atomic E-state index is 12.8. The van der Waals surface area contributed by atoms with Gasteiger partial charge < -0.3 is 10.2 Å². The lowest BCUT2D eigenvalue weighted by Gasteiger charge is -2.12. The van der Waals surface area contributed by atoms with E-state index < -0.39 is 23.5 Å². The molecule has 128 valence electrons. The molecule has 1 heterocycles. The number of aromatic hydroxyl groups is 1. The van der Waals surface area contributed by atoms with Crippen LogP contribution in [0.3, 0.4) is 0 Å². The molecule has 0 fully saturated rings. The number of Topliss-reactive ketones (excluding diaryl/α,β-unsaturated/α-hetero) is 2. The number of fused-ring (bicyclic) bond motifs is 2. The number of benzene rings is 2. The first-order valence-electron chi connectivity index (χ1n) is 7.63. The van der Waals surface area contributed by atoms with Gasteiger partial charge in [-0.05, 0) is 40.2 Å². The average Bonchev–Trinajstić information content (AvgIpc) is 2.88. The molecular weight excluding hydrogens is 402 g/mol. The Kier molecular flexibility index (Phi) is 3.62. The molecule has 1 unspecified atom stereocenters. The van der Waals surface area contributed by atoms with Crippen molar-refractivity contribution in [2.45, 2.75) is 5.92 Å². The number of carbonyl (C=O) groups excluding carboxylic acids is 2. The standard InChI is InChI=1S/C19H10BrNO5/c20-14-10-3-1-2-4-12(10)21-15(18(14)24)13-16(22)9-6-5-8(19(25)26)7-11(9)17(13)23/h1-7,13,24H,(H,25,26). The van der Waals surface area contributed by atoms with E-state index in [0.29, 0.717) is 15.4 Å². The molecule has 2 N–H and O–H groups in total. The predicted octanol–water partition coefficient (Wildman–Crippen LogP) is 3.56. The quantitative estimate of drug-likeness (QED) is 0.624. The Morgan fingerprint density at radius 3 is 2.46 bits per heavy atom. The van der Waals surface area contributed by atoms with E-state index in [1.54, 1.807) is 24.3 Å². The van der Waals surface area contributed by atoms with Gasteiger partial charge in [-0.1, -0.05) is 18.2 Å². The first-order valence-corrected chi connectivity index (χ1v) is 8.42. The molecule has 0 bridgehead atoms. The summed E-state index contributed by atoms with van der Waals surface area (Å²) in [6, 6.07) is 10.8. The number of halogens is 1. The van der Waals surface area contributed by atoms with Gasteiger partial charge in [0.25, 0.3) is 0 Å². The van der Waals surface area contributed by atoms with Crippen molar-refractivity contribution < 1.29 is 24.6 Å². The van der Waals surface area contributed by atoms with E-state index in [9.17, 15) is 19.5 Å². The highest BCUT2D eigenvalue weighted by atomic mass is 79.9. The summed E-state index contributed by atoms with van der Waals surface area (Å²) in [6.07, 6.45) is 0. The van der Waals surface area contributed by atoms with Gasteiger partial charge in [-0.2, -0.15) is 0 Å². The first-order chi connectivity index (χ1) is 12.4. The minimum absolute atomic E-state index is 0.0328. The first kappa shape index (κ1) is 16.4. The van der Waals surface area contributed by atoms with Crippen LogP contribution >= 0.6 is 15.9 Å². The Labute approximate surface area is 155 Å². The van der Waals surface area contributed by atoms with Crippen LogP contribution in [0.1, 0.15) is 42.7 Å².